The van der Waals surface area contributed by atoms with E-state index in [0.29, 0.717) is 12.3 Å². The highest BCUT2D eigenvalue weighted by molar-refractivity contribution is 5.16. The molecule has 0 aliphatic rings. The third-order valence-electron chi connectivity index (χ3n) is 3.22. The minimum Gasteiger partial charge on any atom is -0.392 e. The van der Waals surface area contributed by atoms with E-state index < -0.39 is 0 Å². The van der Waals surface area contributed by atoms with Crippen molar-refractivity contribution in [3.05, 3.63) is 35.6 Å². The summed E-state index contributed by atoms with van der Waals surface area (Å²) < 4.78 is 12.8. The zero-order valence-corrected chi connectivity index (χ0v) is 10.8. The van der Waals surface area contributed by atoms with Crippen LogP contribution in [0.4, 0.5) is 4.39 Å². The molecular weight excluding hydrogens is 215 g/mol. The predicted molar refractivity (Wildman–Crippen MR) is 69.4 cm³/mol. The second-order valence-corrected chi connectivity index (χ2v) is 4.74. The van der Waals surface area contributed by atoms with Crippen molar-refractivity contribution < 1.29 is 9.50 Å². The monoisotopic (exact) mass is 238 g/mol. The van der Waals surface area contributed by atoms with Crippen LogP contribution in [0.15, 0.2) is 24.3 Å². The zero-order chi connectivity index (χ0) is 12.7. The summed E-state index contributed by atoms with van der Waals surface area (Å²) in [5.41, 5.74) is 1.01. The van der Waals surface area contributed by atoms with Crippen LogP contribution in [-0.4, -0.2) is 11.2 Å². The van der Waals surface area contributed by atoms with Crippen molar-refractivity contribution in [3.63, 3.8) is 0 Å². The van der Waals surface area contributed by atoms with Crippen LogP contribution in [0.25, 0.3) is 0 Å². The molecule has 0 heterocycles. The van der Waals surface area contributed by atoms with Crippen LogP contribution in [0.1, 0.15) is 45.1 Å². The normalized spacial score (nSPS) is 13.0. The highest BCUT2D eigenvalue weighted by atomic mass is 19.1. The lowest BCUT2D eigenvalue weighted by molar-refractivity contribution is 0.0963. The van der Waals surface area contributed by atoms with Crippen LogP contribution in [0.2, 0.25) is 0 Å². The molecule has 1 N–H and O–H groups in total. The molecule has 0 aromatic heterocycles. The van der Waals surface area contributed by atoms with Gasteiger partial charge in [-0.05, 0) is 42.9 Å². The number of aliphatic hydroxyl groups is 1. The van der Waals surface area contributed by atoms with E-state index in [-0.39, 0.29) is 11.9 Å². The Morgan fingerprint density at radius 2 is 1.59 bits per heavy atom. The van der Waals surface area contributed by atoms with E-state index in [1.165, 1.54) is 12.1 Å². The summed E-state index contributed by atoms with van der Waals surface area (Å²) in [7, 11) is 0. The Bertz CT molecular complexity index is 301. The zero-order valence-electron chi connectivity index (χ0n) is 10.8. The number of halogens is 1. The van der Waals surface area contributed by atoms with Gasteiger partial charge in [0.1, 0.15) is 5.82 Å². The van der Waals surface area contributed by atoms with Gasteiger partial charge in [-0.1, -0.05) is 38.8 Å². The molecular formula is C15H23FO. The molecule has 1 aromatic carbocycles. The molecule has 2 heteroatoms. The van der Waals surface area contributed by atoms with Crippen molar-refractivity contribution in [2.45, 2.75) is 52.1 Å². The number of aliphatic hydroxyl groups excluding tert-OH is 1. The highest BCUT2D eigenvalue weighted by Crippen LogP contribution is 2.21. The lowest BCUT2D eigenvalue weighted by Crippen LogP contribution is -2.22. The van der Waals surface area contributed by atoms with Crippen molar-refractivity contribution in [2.75, 3.05) is 0 Å². The quantitative estimate of drug-likeness (QED) is 0.762. The van der Waals surface area contributed by atoms with Gasteiger partial charge in [0.05, 0.1) is 6.10 Å². The Labute approximate surface area is 104 Å². The van der Waals surface area contributed by atoms with Gasteiger partial charge >= 0.3 is 0 Å². The van der Waals surface area contributed by atoms with Gasteiger partial charge in [0.25, 0.3) is 0 Å². The Hall–Kier alpha value is -0.890. The lowest BCUT2D eigenvalue weighted by atomic mass is 9.89. The summed E-state index contributed by atoms with van der Waals surface area (Å²) in [6.45, 7) is 4.29. The summed E-state index contributed by atoms with van der Waals surface area (Å²) >= 11 is 0. The molecule has 0 aliphatic heterocycles. The maximum Gasteiger partial charge on any atom is 0.123 e. The summed E-state index contributed by atoms with van der Waals surface area (Å²) in [6, 6.07) is 6.43. The highest BCUT2D eigenvalue weighted by Gasteiger charge is 2.17. The first-order chi connectivity index (χ1) is 8.17. The molecule has 0 aliphatic carbocycles. The Morgan fingerprint density at radius 1 is 1.06 bits per heavy atom. The van der Waals surface area contributed by atoms with Crippen molar-refractivity contribution in [3.8, 4) is 0 Å². The summed E-state index contributed by atoms with van der Waals surface area (Å²) in [4.78, 5) is 0. The molecule has 0 fully saturated rings. The number of hydrogen-bond acceptors (Lipinski definition) is 1. The molecule has 0 bridgehead atoms. The van der Waals surface area contributed by atoms with Crippen molar-refractivity contribution >= 4 is 0 Å². The average molecular weight is 238 g/mol. The van der Waals surface area contributed by atoms with Crippen LogP contribution in [0.5, 0.6) is 0 Å². The Morgan fingerprint density at radius 3 is 2.06 bits per heavy atom. The standard InChI is InChI=1S/C15H23FO/c1-3-5-13(6-4-2)15(17)11-12-7-9-14(16)10-8-12/h7-10,13,15,17H,3-6,11H2,1-2H3. The van der Waals surface area contributed by atoms with E-state index in [1.54, 1.807) is 12.1 Å². The van der Waals surface area contributed by atoms with Gasteiger partial charge in [0.2, 0.25) is 0 Å². The molecule has 1 nitrogen and oxygen atoms in total. The predicted octanol–water partition coefficient (Wildman–Crippen LogP) is 3.95. The molecule has 0 radical (unpaired) electrons. The largest absolute Gasteiger partial charge is 0.392 e. The van der Waals surface area contributed by atoms with E-state index in [4.69, 9.17) is 0 Å². The lowest BCUT2D eigenvalue weighted by Gasteiger charge is -2.22. The van der Waals surface area contributed by atoms with E-state index in [2.05, 4.69) is 13.8 Å². The van der Waals surface area contributed by atoms with Crippen LogP contribution in [0, 0.1) is 11.7 Å². The van der Waals surface area contributed by atoms with E-state index >= 15 is 0 Å². The second kappa shape index (κ2) is 7.44. The van der Waals surface area contributed by atoms with Gasteiger partial charge in [-0.25, -0.2) is 4.39 Å². The molecule has 1 unspecified atom stereocenters. The summed E-state index contributed by atoms with van der Waals surface area (Å²) in [5, 5.41) is 10.2. The smallest absolute Gasteiger partial charge is 0.123 e. The van der Waals surface area contributed by atoms with Crippen LogP contribution < -0.4 is 0 Å². The molecule has 1 aromatic rings. The minimum atomic E-state index is -0.305. The molecule has 1 rings (SSSR count). The maximum absolute atomic E-state index is 12.8. The molecule has 0 saturated heterocycles. The molecule has 0 saturated carbocycles. The molecule has 96 valence electrons. The van der Waals surface area contributed by atoms with Crippen molar-refractivity contribution in [1.29, 1.82) is 0 Å². The van der Waals surface area contributed by atoms with Crippen molar-refractivity contribution in [2.24, 2.45) is 5.92 Å². The number of hydrogen-bond donors (Lipinski definition) is 1. The maximum atomic E-state index is 12.8. The van der Waals surface area contributed by atoms with Gasteiger partial charge in [-0.2, -0.15) is 0 Å². The molecule has 1 atom stereocenters. The summed E-state index contributed by atoms with van der Waals surface area (Å²) in [5.74, 6) is 0.150. The fourth-order valence-corrected chi connectivity index (χ4v) is 2.30. The minimum absolute atomic E-state index is 0.220. The van der Waals surface area contributed by atoms with E-state index in [0.717, 1.165) is 31.2 Å². The van der Waals surface area contributed by atoms with Crippen molar-refractivity contribution in [1.82, 2.24) is 0 Å². The number of benzene rings is 1. The Kier molecular flexibility index (Phi) is 6.20. The summed E-state index contributed by atoms with van der Waals surface area (Å²) in [6.07, 6.45) is 4.66. The first-order valence-corrected chi connectivity index (χ1v) is 6.59. The van der Waals surface area contributed by atoms with Gasteiger partial charge in [0.15, 0.2) is 0 Å². The first kappa shape index (κ1) is 14.2. The Balaban J connectivity index is 2.55. The van der Waals surface area contributed by atoms with Gasteiger partial charge < -0.3 is 5.11 Å². The van der Waals surface area contributed by atoms with Gasteiger partial charge in [0, 0.05) is 0 Å². The third kappa shape index (κ3) is 4.86. The molecule has 17 heavy (non-hydrogen) atoms. The van der Waals surface area contributed by atoms with Crippen LogP contribution in [0.3, 0.4) is 0 Å². The number of rotatable bonds is 7. The third-order valence-corrected chi connectivity index (χ3v) is 3.22. The van der Waals surface area contributed by atoms with Gasteiger partial charge in [-0.3, -0.25) is 0 Å². The topological polar surface area (TPSA) is 20.2 Å². The average Bonchev–Trinajstić information content (AvgIpc) is 2.32. The van der Waals surface area contributed by atoms with Crippen LogP contribution >= 0.6 is 0 Å². The molecule has 0 spiro atoms. The fourth-order valence-electron chi connectivity index (χ4n) is 2.30. The first-order valence-electron chi connectivity index (χ1n) is 6.59. The van der Waals surface area contributed by atoms with E-state index in [1.807, 2.05) is 0 Å². The SMILES string of the molecule is CCCC(CCC)C(O)Cc1ccc(F)cc1. The van der Waals surface area contributed by atoms with Crippen LogP contribution in [-0.2, 0) is 6.42 Å². The molecule has 0 amide bonds. The van der Waals surface area contributed by atoms with Gasteiger partial charge in [-0.15, -0.1) is 0 Å². The second-order valence-electron chi connectivity index (χ2n) is 4.74. The fraction of sp³-hybridized carbons (Fsp3) is 0.600. The van der Waals surface area contributed by atoms with E-state index in [9.17, 15) is 9.50 Å².